The molecule has 1 saturated heterocycles. The van der Waals surface area contributed by atoms with Crippen LogP contribution in [0, 0.1) is 17.3 Å². The van der Waals surface area contributed by atoms with Gasteiger partial charge in [0.2, 0.25) is 5.91 Å². The molecule has 0 radical (unpaired) electrons. The molecule has 98 valence electrons. The van der Waals surface area contributed by atoms with E-state index in [2.05, 4.69) is 24.3 Å². The molecule has 1 spiro atoms. The predicted octanol–water partition coefficient (Wildman–Crippen LogP) is 3.40. The third kappa shape index (κ3) is 1.40. The molecule has 2 nitrogen and oxygen atoms in total. The number of carbonyl (C=O) groups excluding carboxylic acids is 1. The standard InChI is InChI=1S/C17H19NO/c19-16-17-11-5-4-6-13(17)9-10-14(17)12-18(16)15-7-2-1-3-8-15/h1-5,7-8,13-14H,6,9-12H2/t13-,14+,17+/m0/s1. The van der Waals surface area contributed by atoms with Crippen LogP contribution in [0.15, 0.2) is 42.5 Å². The van der Waals surface area contributed by atoms with Crippen LogP contribution >= 0.6 is 0 Å². The quantitative estimate of drug-likeness (QED) is 0.702. The van der Waals surface area contributed by atoms with Gasteiger partial charge in [-0.1, -0.05) is 30.4 Å². The highest BCUT2D eigenvalue weighted by Crippen LogP contribution is 2.58. The van der Waals surface area contributed by atoms with Gasteiger partial charge < -0.3 is 4.90 Å². The average Bonchev–Trinajstić information content (AvgIpc) is 2.96. The fourth-order valence-corrected chi connectivity index (χ4v) is 4.53. The SMILES string of the molecule is O=C1N(c2ccccc2)C[C@H]2CC[C@@H]3CC=CC[C@]123. The van der Waals surface area contributed by atoms with Gasteiger partial charge in [0, 0.05) is 12.2 Å². The van der Waals surface area contributed by atoms with Crippen molar-refractivity contribution in [2.24, 2.45) is 17.3 Å². The highest BCUT2D eigenvalue weighted by molar-refractivity contribution is 6.01. The van der Waals surface area contributed by atoms with Crippen molar-refractivity contribution >= 4 is 11.6 Å². The maximum atomic E-state index is 13.0. The van der Waals surface area contributed by atoms with Gasteiger partial charge in [-0.15, -0.1) is 0 Å². The normalized spacial score (nSPS) is 36.4. The topological polar surface area (TPSA) is 20.3 Å². The van der Waals surface area contributed by atoms with Crippen LogP contribution in [0.2, 0.25) is 0 Å². The number of amides is 1. The van der Waals surface area contributed by atoms with Crippen molar-refractivity contribution in [3.63, 3.8) is 0 Å². The van der Waals surface area contributed by atoms with Gasteiger partial charge in [-0.25, -0.2) is 0 Å². The van der Waals surface area contributed by atoms with Crippen molar-refractivity contribution in [3.05, 3.63) is 42.5 Å². The lowest BCUT2D eigenvalue weighted by Crippen LogP contribution is -2.40. The van der Waals surface area contributed by atoms with Gasteiger partial charge in [0.1, 0.15) is 0 Å². The Bertz CT molecular complexity index is 535. The predicted molar refractivity (Wildman–Crippen MR) is 75.8 cm³/mol. The van der Waals surface area contributed by atoms with E-state index < -0.39 is 0 Å². The Morgan fingerprint density at radius 2 is 1.84 bits per heavy atom. The molecule has 3 atom stereocenters. The van der Waals surface area contributed by atoms with Crippen molar-refractivity contribution in [3.8, 4) is 0 Å². The molecule has 0 unspecified atom stereocenters. The number of hydrogen-bond acceptors (Lipinski definition) is 1. The fourth-order valence-electron chi connectivity index (χ4n) is 4.53. The van der Waals surface area contributed by atoms with Crippen LogP contribution < -0.4 is 4.90 Å². The van der Waals surface area contributed by atoms with Gasteiger partial charge >= 0.3 is 0 Å². The minimum absolute atomic E-state index is 0.0649. The Morgan fingerprint density at radius 1 is 1.05 bits per heavy atom. The molecule has 0 bridgehead atoms. The van der Waals surface area contributed by atoms with E-state index in [4.69, 9.17) is 0 Å². The molecular weight excluding hydrogens is 234 g/mol. The van der Waals surface area contributed by atoms with Crippen LogP contribution in [-0.2, 0) is 4.79 Å². The summed E-state index contributed by atoms with van der Waals surface area (Å²) < 4.78 is 0. The number of carbonyl (C=O) groups is 1. The molecule has 1 amide bonds. The van der Waals surface area contributed by atoms with E-state index in [0.29, 0.717) is 17.7 Å². The first-order valence-corrected chi connectivity index (χ1v) is 7.34. The van der Waals surface area contributed by atoms with Gasteiger partial charge in [0.05, 0.1) is 5.41 Å². The summed E-state index contributed by atoms with van der Waals surface area (Å²) in [6, 6.07) is 10.2. The van der Waals surface area contributed by atoms with Crippen molar-refractivity contribution in [1.29, 1.82) is 0 Å². The Hall–Kier alpha value is -1.57. The maximum absolute atomic E-state index is 13.0. The molecule has 2 aliphatic carbocycles. The van der Waals surface area contributed by atoms with E-state index in [1.165, 1.54) is 12.8 Å². The van der Waals surface area contributed by atoms with Gasteiger partial charge in [-0.05, 0) is 49.7 Å². The zero-order valence-corrected chi connectivity index (χ0v) is 11.1. The summed E-state index contributed by atoms with van der Waals surface area (Å²) in [5, 5.41) is 0. The Kier molecular flexibility index (Phi) is 2.35. The maximum Gasteiger partial charge on any atom is 0.234 e. The van der Waals surface area contributed by atoms with Crippen molar-refractivity contribution in [2.75, 3.05) is 11.4 Å². The minimum atomic E-state index is -0.0649. The second kappa shape index (κ2) is 3.96. The van der Waals surface area contributed by atoms with E-state index in [0.717, 1.165) is 25.1 Å². The number of para-hydroxylation sites is 1. The van der Waals surface area contributed by atoms with E-state index >= 15 is 0 Å². The van der Waals surface area contributed by atoms with Crippen molar-refractivity contribution < 1.29 is 4.79 Å². The van der Waals surface area contributed by atoms with Gasteiger partial charge in [0.15, 0.2) is 0 Å². The summed E-state index contributed by atoms with van der Waals surface area (Å²) >= 11 is 0. The molecule has 0 aromatic heterocycles. The monoisotopic (exact) mass is 253 g/mol. The van der Waals surface area contributed by atoms with Crippen LogP contribution in [0.25, 0.3) is 0 Å². The number of allylic oxidation sites excluding steroid dienone is 2. The first-order chi connectivity index (χ1) is 9.32. The molecular formula is C17H19NO. The van der Waals surface area contributed by atoms with Gasteiger partial charge in [-0.2, -0.15) is 0 Å². The van der Waals surface area contributed by atoms with Gasteiger partial charge in [0.25, 0.3) is 0 Å². The van der Waals surface area contributed by atoms with Crippen molar-refractivity contribution in [1.82, 2.24) is 0 Å². The largest absolute Gasteiger partial charge is 0.312 e. The Labute approximate surface area is 114 Å². The van der Waals surface area contributed by atoms with Crippen LogP contribution in [-0.4, -0.2) is 12.5 Å². The smallest absolute Gasteiger partial charge is 0.234 e. The summed E-state index contributed by atoms with van der Waals surface area (Å²) in [6.07, 6.45) is 9.04. The van der Waals surface area contributed by atoms with Crippen molar-refractivity contribution in [2.45, 2.75) is 25.7 Å². The third-order valence-corrected chi connectivity index (χ3v) is 5.48. The fraction of sp³-hybridized carbons (Fsp3) is 0.471. The summed E-state index contributed by atoms with van der Waals surface area (Å²) in [6.45, 7) is 0.924. The number of nitrogens with zero attached hydrogens (tertiary/aromatic N) is 1. The summed E-state index contributed by atoms with van der Waals surface area (Å²) in [5.41, 5.74) is 1.01. The zero-order valence-electron chi connectivity index (χ0n) is 11.1. The minimum Gasteiger partial charge on any atom is -0.312 e. The number of anilines is 1. The second-order valence-electron chi connectivity index (χ2n) is 6.17. The van der Waals surface area contributed by atoms with E-state index in [9.17, 15) is 4.79 Å². The third-order valence-electron chi connectivity index (χ3n) is 5.48. The first-order valence-electron chi connectivity index (χ1n) is 7.34. The highest BCUT2D eigenvalue weighted by atomic mass is 16.2. The van der Waals surface area contributed by atoms with E-state index in [1.807, 2.05) is 23.1 Å². The highest BCUT2D eigenvalue weighted by Gasteiger charge is 2.60. The molecule has 1 saturated carbocycles. The molecule has 19 heavy (non-hydrogen) atoms. The molecule has 2 heteroatoms. The molecule has 1 aromatic carbocycles. The number of benzene rings is 1. The summed E-state index contributed by atoms with van der Waals surface area (Å²) in [5.74, 6) is 1.54. The molecule has 4 rings (SSSR count). The first kappa shape index (κ1) is 11.3. The van der Waals surface area contributed by atoms with E-state index in [1.54, 1.807) is 0 Å². The zero-order chi connectivity index (χ0) is 12.9. The second-order valence-corrected chi connectivity index (χ2v) is 6.17. The molecule has 1 aliphatic heterocycles. The van der Waals surface area contributed by atoms with E-state index in [-0.39, 0.29) is 5.41 Å². The Morgan fingerprint density at radius 3 is 2.68 bits per heavy atom. The summed E-state index contributed by atoms with van der Waals surface area (Å²) in [7, 11) is 0. The molecule has 1 aromatic rings. The lowest BCUT2D eigenvalue weighted by atomic mass is 9.67. The van der Waals surface area contributed by atoms with Crippen LogP contribution in [0.4, 0.5) is 5.69 Å². The average molecular weight is 253 g/mol. The molecule has 3 aliphatic rings. The number of hydrogen-bond donors (Lipinski definition) is 0. The molecule has 0 N–H and O–H groups in total. The van der Waals surface area contributed by atoms with Crippen LogP contribution in [0.5, 0.6) is 0 Å². The lowest BCUT2D eigenvalue weighted by molar-refractivity contribution is -0.128. The number of rotatable bonds is 1. The summed E-state index contributed by atoms with van der Waals surface area (Å²) in [4.78, 5) is 15.1. The van der Waals surface area contributed by atoms with Crippen LogP contribution in [0.1, 0.15) is 25.7 Å². The molecule has 2 fully saturated rings. The molecule has 1 heterocycles. The van der Waals surface area contributed by atoms with Crippen LogP contribution in [0.3, 0.4) is 0 Å². The van der Waals surface area contributed by atoms with Gasteiger partial charge in [-0.3, -0.25) is 4.79 Å². The lowest BCUT2D eigenvalue weighted by Gasteiger charge is -2.35. The Balaban J connectivity index is 1.74.